The highest BCUT2D eigenvalue weighted by molar-refractivity contribution is 6.30. The number of ether oxygens (including phenoxy) is 2. The van der Waals surface area contributed by atoms with E-state index in [0.29, 0.717) is 36.0 Å². The molecule has 180 valence electrons. The van der Waals surface area contributed by atoms with E-state index in [1.54, 1.807) is 7.11 Å². The van der Waals surface area contributed by atoms with Crippen molar-refractivity contribution >= 4 is 17.5 Å². The van der Waals surface area contributed by atoms with E-state index in [2.05, 4.69) is 11.0 Å². The van der Waals surface area contributed by atoms with Crippen molar-refractivity contribution in [3.05, 3.63) is 87.8 Å². The molecule has 0 N–H and O–H groups in total. The van der Waals surface area contributed by atoms with Gasteiger partial charge < -0.3 is 18.8 Å². The molecule has 2 aromatic carbocycles. The average molecular weight is 483 g/mol. The zero-order valence-corrected chi connectivity index (χ0v) is 20.7. The Kier molecular flexibility index (Phi) is 7.93. The van der Waals surface area contributed by atoms with Gasteiger partial charge in [-0.3, -0.25) is 9.69 Å². The first-order valence-corrected chi connectivity index (χ1v) is 11.9. The van der Waals surface area contributed by atoms with E-state index in [1.807, 2.05) is 67.3 Å². The highest BCUT2D eigenvalue weighted by atomic mass is 35.5. The summed E-state index contributed by atoms with van der Waals surface area (Å²) in [6, 6.07) is 17.6. The number of furan rings is 1. The molecule has 4 rings (SSSR count). The molecule has 7 heteroatoms. The Morgan fingerprint density at radius 1 is 1.06 bits per heavy atom. The summed E-state index contributed by atoms with van der Waals surface area (Å²) in [4.78, 5) is 17.2. The maximum absolute atomic E-state index is 12.9. The van der Waals surface area contributed by atoms with E-state index in [-0.39, 0.29) is 12.0 Å². The lowest BCUT2D eigenvalue weighted by atomic mass is 10.1. The second-order valence-corrected chi connectivity index (χ2v) is 9.06. The molecule has 0 saturated carbocycles. The molecule has 1 unspecified atom stereocenters. The fourth-order valence-electron chi connectivity index (χ4n) is 4.30. The molecular weight excluding hydrogens is 452 g/mol. The number of nitrogens with zero attached hydrogens (tertiary/aromatic N) is 2. The molecule has 0 spiro atoms. The molecule has 6 nitrogen and oxygen atoms in total. The van der Waals surface area contributed by atoms with Crippen LogP contribution >= 0.6 is 11.6 Å². The monoisotopic (exact) mass is 482 g/mol. The van der Waals surface area contributed by atoms with Crippen molar-refractivity contribution in [1.29, 1.82) is 0 Å². The van der Waals surface area contributed by atoms with Gasteiger partial charge in [0.05, 0.1) is 25.4 Å². The molecule has 1 amide bonds. The van der Waals surface area contributed by atoms with Crippen molar-refractivity contribution < 1.29 is 18.7 Å². The third-order valence-electron chi connectivity index (χ3n) is 6.16. The summed E-state index contributed by atoms with van der Waals surface area (Å²) < 4.78 is 17.4. The van der Waals surface area contributed by atoms with Gasteiger partial charge in [-0.1, -0.05) is 35.9 Å². The van der Waals surface area contributed by atoms with Gasteiger partial charge in [-0.2, -0.15) is 0 Å². The Bertz CT molecular complexity index is 1120. The summed E-state index contributed by atoms with van der Waals surface area (Å²) >= 11 is 6.15. The number of halogens is 1. The second kappa shape index (κ2) is 11.1. The molecule has 1 saturated heterocycles. The van der Waals surface area contributed by atoms with Gasteiger partial charge in [0.1, 0.15) is 17.3 Å². The Morgan fingerprint density at radius 3 is 2.50 bits per heavy atom. The van der Waals surface area contributed by atoms with Crippen LogP contribution in [0.3, 0.4) is 0 Å². The zero-order chi connectivity index (χ0) is 24.1. The predicted octanol–water partition coefficient (Wildman–Crippen LogP) is 5.27. The van der Waals surface area contributed by atoms with Crippen molar-refractivity contribution in [2.24, 2.45) is 0 Å². The van der Waals surface area contributed by atoms with E-state index in [1.165, 1.54) is 0 Å². The first-order valence-electron chi connectivity index (χ1n) is 11.5. The van der Waals surface area contributed by atoms with Crippen molar-refractivity contribution in [2.75, 3.05) is 39.8 Å². The lowest BCUT2D eigenvalue weighted by Crippen LogP contribution is -2.49. The van der Waals surface area contributed by atoms with Gasteiger partial charge in [-0.05, 0) is 55.3 Å². The SMILES string of the molecule is COc1cccc(C(CN2CCN(C(=O)c3cc(C)oc3C)CC2)OCc2cccc(Cl)c2)c1. The summed E-state index contributed by atoms with van der Waals surface area (Å²) in [7, 11) is 1.67. The van der Waals surface area contributed by atoms with E-state index < -0.39 is 0 Å². The molecule has 1 aliphatic rings. The third kappa shape index (κ3) is 6.00. The van der Waals surface area contributed by atoms with Crippen LogP contribution in [0.15, 0.2) is 59.0 Å². The van der Waals surface area contributed by atoms with E-state index in [9.17, 15) is 4.79 Å². The number of amides is 1. The molecule has 1 atom stereocenters. The van der Waals surface area contributed by atoms with Crippen molar-refractivity contribution in [3.8, 4) is 5.75 Å². The van der Waals surface area contributed by atoms with Crippen LogP contribution in [-0.2, 0) is 11.3 Å². The minimum atomic E-state index is -0.143. The number of hydrogen-bond donors (Lipinski definition) is 0. The van der Waals surface area contributed by atoms with Crippen LogP contribution in [0, 0.1) is 13.8 Å². The smallest absolute Gasteiger partial charge is 0.257 e. The van der Waals surface area contributed by atoms with Crippen LogP contribution in [-0.4, -0.2) is 55.5 Å². The van der Waals surface area contributed by atoms with Gasteiger partial charge in [0.15, 0.2) is 0 Å². The van der Waals surface area contributed by atoms with Crippen molar-refractivity contribution in [1.82, 2.24) is 9.80 Å². The summed E-state index contributed by atoms with van der Waals surface area (Å²) in [5.41, 5.74) is 2.75. The van der Waals surface area contributed by atoms with Gasteiger partial charge in [0.2, 0.25) is 0 Å². The number of hydrogen-bond acceptors (Lipinski definition) is 5. The van der Waals surface area contributed by atoms with Crippen LogP contribution in [0.5, 0.6) is 5.75 Å². The quantitative estimate of drug-likeness (QED) is 0.437. The molecule has 0 bridgehead atoms. The first kappa shape index (κ1) is 24.3. The predicted molar refractivity (Wildman–Crippen MR) is 133 cm³/mol. The normalized spacial score (nSPS) is 15.4. The second-order valence-electron chi connectivity index (χ2n) is 8.63. The van der Waals surface area contributed by atoms with Crippen molar-refractivity contribution in [3.63, 3.8) is 0 Å². The molecular formula is C27H31ClN2O4. The van der Waals surface area contributed by atoms with E-state index >= 15 is 0 Å². The molecule has 1 aliphatic heterocycles. The molecule has 34 heavy (non-hydrogen) atoms. The molecule has 1 aromatic heterocycles. The molecule has 1 fully saturated rings. The van der Waals surface area contributed by atoms with Crippen LogP contribution in [0.25, 0.3) is 0 Å². The maximum atomic E-state index is 12.9. The summed E-state index contributed by atoms with van der Waals surface area (Å²) in [5, 5.41) is 0.697. The number of aryl methyl sites for hydroxylation is 2. The third-order valence-corrected chi connectivity index (χ3v) is 6.40. The number of benzene rings is 2. The van der Waals surface area contributed by atoms with Crippen molar-refractivity contribution in [2.45, 2.75) is 26.6 Å². The lowest BCUT2D eigenvalue weighted by molar-refractivity contribution is 0.00332. The van der Waals surface area contributed by atoms with Crippen LogP contribution < -0.4 is 4.74 Å². The number of carbonyl (C=O) groups excluding carboxylic acids is 1. The van der Waals surface area contributed by atoms with Crippen LogP contribution in [0.4, 0.5) is 0 Å². The standard InChI is InChI=1S/C27H31ClN2O4/c1-19-14-25(20(2)34-19)27(31)30-12-10-29(11-13-30)17-26(22-7-5-9-24(16-22)32-3)33-18-21-6-4-8-23(28)15-21/h4-9,14-16,26H,10-13,17-18H2,1-3H3. The summed E-state index contributed by atoms with van der Waals surface area (Å²) in [5.74, 6) is 2.28. The Balaban J connectivity index is 1.41. The molecule has 2 heterocycles. The lowest BCUT2D eigenvalue weighted by Gasteiger charge is -2.36. The van der Waals surface area contributed by atoms with E-state index in [4.69, 9.17) is 25.5 Å². The fraction of sp³-hybridized carbons (Fsp3) is 0.370. The Labute approximate surface area is 206 Å². The van der Waals surface area contributed by atoms with Gasteiger partial charge in [0, 0.05) is 37.7 Å². The van der Waals surface area contributed by atoms with Gasteiger partial charge in [-0.25, -0.2) is 0 Å². The van der Waals surface area contributed by atoms with E-state index in [0.717, 1.165) is 42.3 Å². The van der Waals surface area contributed by atoms with Gasteiger partial charge >= 0.3 is 0 Å². The fourth-order valence-corrected chi connectivity index (χ4v) is 4.51. The number of methoxy groups -OCH3 is 1. The average Bonchev–Trinajstić information content (AvgIpc) is 3.19. The Morgan fingerprint density at radius 2 is 1.82 bits per heavy atom. The number of rotatable bonds is 8. The summed E-state index contributed by atoms with van der Waals surface area (Å²) in [6.45, 7) is 7.78. The minimum Gasteiger partial charge on any atom is -0.497 e. The Hall–Kier alpha value is -2.80. The summed E-state index contributed by atoms with van der Waals surface area (Å²) in [6.07, 6.45) is -0.143. The number of carbonyl (C=O) groups is 1. The maximum Gasteiger partial charge on any atom is 0.257 e. The largest absolute Gasteiger partial charge is 0.497 e. The molecule has 0 aliphatic carbocycles. The molecule has 3 aromatic rings. The highest BCUT2D eigenvalue weighted by Gasteiger charge is 2.27. The van der Waals surface area contributed by atoms with Gasteiger partial charge in [-0.15, -0.1) is 0 Å². The van der Waals surface area contributed by atoms with Crippen LogP contribution in [0.1, 0.15) is 39.1 Å². The highest BCUT2D eigenvalue weighted by Crippen LogP contribution is 2.26. The topological polar surface area (TPSA) is 55.2 Å². The first-order chi connectivity index (χ1) is 16.4. The minimum absolute atomic E-state index is 0.0375. The number of piperazine rings is 1. The van der Waals surface area contributed by atoms with Crippen LogP contribution in [0.2, 0.25) is 5.02 Å². The zero-order valence-electron chi connectivity index (χ0n) is 19.9. The van der Waals surface area contributed by atoms with Gasteiger partial charge in [0.25, 0.3) is 5.91 Å². The molecule has 0 radical (unpaired) electrons.